The SMILES string of the molecule is Cc1cc(CCNC(=O)CCN2C(=O)c3ccccc3C2=O)c(C)[nH]1. The van der Waals surface area contributed by atoms with Gasteiger partial charge in [0, 0.05) is 30.9 Å². The van der Waals surface area contributed by atoms with Crippen LogP contribution in [-0.4, -0.2) is 40.7 Å². The third kappa shape index (κ3) is 3.47. The molecule has 0 unspecified atom stereocenters. The minimum atomic E-state index is -0.327. The van der Waals surface area contributed by atoms with Gasteiger partial charge in [0.05, 0.1) is 11.1 Å². The Kier molecular flexibility index (Phi) is 4.70. The maximum atomic E-state index is 12.2. The summed E-state index contributed by atoms with van der Waals surface area (Å²) in [4.78, 5) is 40.8. The van der Waals surface area contributed by atoms with Crippen LogP contribution in [0.4, 0.5) is 0 Å². The fourth-order valence-electron chi connectivity index (χ4n) is 3.12. The molecular formula is C19H21N3O3. The van der Waals surface area contributed by atoms with E-state index in [-0.39, 0.29) is 30.7 Å². The molecular weight excluding hydrogens is 318 g/mol. The number of carbonyl (C=O) groups excluding carboxylic acids is 3. The molecule has 3 rings (SSSR count). The smallest absolute Gasteiger partial charge is 0.261 e. The van der Waals surface area contributed by atoms with Crippen LogP contribution in [0.3, 0.4) is 0 Å². The van der Waals surface area contributed by atoms with Crippen molar-refractivity contribution in [2.75, 3.05) is 13.1 Å². The number of rotatable bonds is 6. The predicted octanol–water partition coefficient (Wildman–Crippen LogP) is 1.98. The first kappa shape index (κ1) is 17.0. The zero-order chi connectivity index (χ0) is 18.0. The van der Waals surface area contributed by atoms with Crippen molar-refractivity contribution in [3.63, 3.8) is 0 Å². The maximum absolute atomic E-state index is 12.2. The highest BCUT2D eigenvalue weighted by atomic mass is 16.2. The molecule has 1 aromatic carbocycles. The number of nitrogens with one attached hydrogen (secondary N) is 2. The van der Waals surface area contributed by atoms with E-state index in [1.54, 1.807) is 24.3 Å². The van der Waals surface area contributed by atoms with E-state index < -0.39 is 0 Å². The highest BCUT2D eigenvalue weighted by Crippen LogP contribution is 2.22. The topological polar surface area (TPSA) is 82.3 Å². The van der Waals surface area contributed by atoms with Gasteiger partial charge in [0.25, 0.3) is 11.8 Å². The van der Waals surface area contributed by atoms with E-state index in [0.29, 0.717) is 17.7 Å². The zero-order valence-corrected chi connectivity index (χ0v) is 14.4. The van der Waals surface area contributed by atoms with Crippen LogP contribution in [0.25, 0.3) is 0 Å². The van der Waals surface area contributed by atoms with Crippen molar-refractivity contribution in [2.45, 2.75) is 26.7 Å². The van der Waals surface area contributed by atoms with Crippen LogP contribution < -0.4 is 5.32 Å². The summed E-state index contributed by atoms with van der Waals surface area (Å²) in [5.41, 5.74) is 4.21. The van der Waals surface area contributed by atoms with Crippen LogP contribution >= 0.6 is 0 Å². The number of aromatic amines is 1. The minimum absolute atomic E-state index is 0.0977. The highest BCUT2D eigenvalue weighted by molar-refractivity contribution is 6.21. The number of hydrogen-bond donors (Lipinski definition) is 2. The Labute approximate surface area is 146 Å². The molecule has 0 fully saturated rings. The summed E-state index contributed by atoms with van der Waals surface area (Å²) in [6.45, 7) is 4.63. The molecule has 0 atom stereocenters. The van der Waals surface area contributed by atoms with Crippen molar-refractivity contribution >= 4 is 17.7 Å². The maximum Gasteiger partial charge on any atom is 0.261 e. The number of imide groups is 1. The summed E-state index contributed by atoms with van der Waals surface area (Å²) in [7, 11) is 0. The number of hydrogen-bond acceptors (Lipinski definition) is 3. The molecule has 0 bridgehead atoms. The van der Waals surface area contributed by atoms with E-state index in [2.05, 4.69) is 16.4 Å². The number of nitrogens with zero attached hydrogens (tertiary/aromatic N) is 1. The second kappa shape index (κ2) is 6.93. The van der Waals surface area contributed by atoms with Gasteiger partial charge in [0.1, 0.15) is 0 Å². The molecule has 1 aromatic heterocycles. The number of amides is 3. The van der Waals surface area contributed by atoms with Gasteiger partial charge in [-0.1, -0.05) is 12.1 Å². The van der Waals surface area contributed by atoms with Gasteiger partial charge in [0.2, 0.25) is 5.91 Å². The second-order valence-electron chi connectivity index (χ2n) is 6.26. The van der Waals surface area contributed by atoms with E-state index in [1.165, 1.54) is 5.56 Å². The van der Waals surface area contributed by atoms with Crippen molar-refractivity contribution in [2.24, 2.45) is 0 Å². The molecule has 130 valence electrons. The average Bonchev–Trinajstić information content (AvgIpc) is 3.03. The Morgan fingerprint density at radius 2 is 1.76 bits per heavy atom. The van der Waals surface area contributed by atoms with E-state index in [9.17, 15) is 14.4 Å². The normalized spacial score (nSPS) is 13.3. The number of aryl methyl sites for hydroxylation is 2. The molecule has 2 N–H and O–H groups in total. The Balaban J connectivity index is 1.48. The summed E-state index contributed by atoms with van der Waals surface area (Å²) in [6.07, 6.45) is 0.853. The van der Waals surface area contributed by atoms with E-state index in [4.69, 9.17) is 0 Å². The molecule has 0 spiro atoms. The summed E-state index contributed by atoms with van der Waals surface area (Å²) >= 11 is 0. The Morgan fingerprint density at radius 1 is 1.12 bits per heavy atom. The molecule has 0 aliphatic carbocycles. The van der Waals surface area contributed by atoms with E-state index in [0.717, 1.165) is 22.7 Å². The molecule has 0 saturated heterocycles. The number of fused-ring (bicyclic) bond motifs is 1. The first-order chi connectivity index (χ1) is 12.0. The molecule has 6 nitrogen and oxygen atoms in total. The van der Waals surface area contributed by atoms with Crippen LogP contribution in [0, 0.1) is 13.8 Å². The predicted molar refractivity (Wildman–Crippen MR) is 93.4 cm³/mol. The standard InChI is InChI=1S/C19H21N3O3/c1-12-11-14(13(2)21-12)7-9-20-17(23)8-10-22-18(24)15-5-3-4-6-16(15)19(22)25/h3-6,11,21H,7-10H2,1-2H3,(H,20,23). The van der Waals surface area contributed by atoms with Crippen molar-refractivity contribution in [1.29, 1.82) is 0 Å². The molecule has 0 radical (unpaired) electrons. The van der Waals surface area contributed by atoms with Gasteiger partial charge in [-0.25, -0.2) is 0 Å². The molecule has 3 amide bonds. The second-order valence-corrected chi connectivity index (χ2v) is 6.26. The molecule has 0 saturated carbocycles. The first-order valence-electron chi connectivity index (χ1n) is 8.34. The Bertz CT molecular complexity index is 803. The van der Waals surface area contributed by atoms with Gasteiger partial charge < -0.3 is 10.3 Å². The molecule has 1 aliphatic heterocycles. The van der Waals surface area contributed by atoms with Crippen LogP contribution in [0.15, 0.2) is 30.3 Å². The lowest BCUT2D eigenvalue weighted by molar-refractivity contribution is -0.121. The van der Waals surface area contributed by atoms with Crippen LogP contribution in [0.2, 0.25) is 0 Å². The monoisotopic (exact) mass is 339 g/mol. The van der Waals surface area contributed by atoms with Gasteiger partial charge in [-0.15, -0.1) is 0 Å². The number of aromatic nitrogens is 1. The third-order valence-corrected chi connectivity index (χ3v) is 4.41. The third-order valence-electron chi connectivity index (χ3n) is 4.41. The largest absolute Gasteiger partial charge is 0.362 e. The van der Waals surface area contributed by atoms with Crippen molar-refractivity contribution in [3.05, 3.63) is 58.4 Å². The van der Waals surface area contributed by atoms with Gasteiger partial charge in [-0.05, 0) is 44.0 Å². The lowest BCUT2D eigenvalue weighted by Gasteiger charge is -2.13. The van der Waals surface area contributed by atoms with E-state index in [1.807, 2.05) is 13.8 Å². The van der Waals surface area contributed by atoms with Gasteiger partial charge in [0.15, 0.2) is 0 Å². The van der Waals surface area contributed by atoms with Gasteiger partial charge in [-0.3, -0.25) is 19.3 Å². The zero-order valence-electron chi connectivity index (χ0n) is 14.4. The molecule has 2 heterocycles. The number of H-pyrrole nitrogens is 1. The van der Waals surface area contributed by atoms with Gasteiger partial charge >= 0.3 is 0 Å². The summed E-state index contributed by atoms with van der Waals surface area (Å²) in [5, 5.41) is 2.84. The van der Waals surface area contributed by atoms with Crippen LogP contribution in [0.5, 0.6) is 0 Å². The van der Waals surface area contributed by atoms with Crippen LogP contribution in [0.1, 0.15) is 44.1 Å². The quantitative estimate of drug-likeness (QED) is 0.790. The Hall–Kier alpha value is -2.89. The average molecular weight is 339 g/mol. The number of carbonyl (C=O) groups is 3. The molecule has 6 heteroatoms. The van der Waals surface area contributed by atoms with E-state index >= 15 is 0 Å². The van der Waals surface area contributed by atoms with Crippen molar-refractivity contribution in [1.82, 2.24) is 15.2 Å². The van der Waals surface area contributed by atoms with Crippen molar-refractivity contribution in [3.8, 4) is 0 Å². The minimum Gasteiger partial charge on any atom is -0.362 e. The summed E-state index contributed by atoms with van der Waals surface area (Å²) < 4.78 is 0. The molecule has 25 heavy (non-hydrogen) atoms. The fourth-order valence-corrected chi connectivity index (χ4v) is 3.12. The van der Waals surface area contributed by atoms with Gasteiger partial charge in [-0.2, -0.15) is 0 Å². The molecule has 2 aromatic rings. The first-order valence-corrected chi connectivity index (χ1v) is 8.34. The highest BCUT2D eigenvalue weighted by Gasteiger charge is 2.34. The molecule has 1 aliphatic rings. The van der Waals surface area contributed by atoms with Crippen LogP contribution in [-0.2, 0) is 11.2 Å². The fraction of sp³-hybridized carbons (Fsp3) is 0.316. The summed E-state index contributed by atoms with van der Waals surface area (Å²) in [5.74, 6) is -0.819. The Morgan fingerprint density at radius 3 is 2.32 bits per heavy atom. The lowest BCUT2D eigenvalue weighted by Crippen LogP contribution is -2.35. The lowest BCUT2D eigenvalue weighted by atomic mass is 10.1. The van der Waals surface area contributed by atoms with Crippen molar-refractivity contribution < 1.29 is 14.4 Å². The number of benzene rings is 1. The summed E-state index contributed by atoms with van der Waals surface area (Å²) in [6, 6.07) is 8.80.